The second-order valence-electron chi connectivity index (χ2n) is 7.60. The second-order valence-corrected chi connectivity index (χ2v) is 7.60. The molecular formula is C24H27NO2. The summed E-state index contributed by atoms with van der Waals surface area (Å²) in [6.07, 6.45) is 6.69. The van der Waals surface area contributed by atoms with Crippen LogP contribution < -0.4 is 4.74 Å². The molecule has 1 N–H and O–H groups in total. The number of aliphatic hydroxyl groups excluding tert-OH is 1. The molecule has 3 nitrogen and oxygen atoms in total. The standard InChI is InChI=1S/C24H27NO2/c26-24(20-7-2-1-3-8-20)16-18-10-14-22(15-11-18)27-17-21-13-12-19-6-4-5-9-23(19)25-21/h4-6,9-15,20,24,26H,1-3,7-8,16-17H2. The number of fused-ring (bicyclic) bond motifs is 1. The van der Waals surface area contributed by atoms with Crippen LogP contribution in [0.1, 0.15) is 43.4 Å². The van der Waals surface area contributed by atoms with E-state index in [1.807, 2.05) is 36.4 Å². The Morgan fingerprint density at radius 3 is 2.52 bits per heavy atom. The summed E-state index contributed by atoms with van der Waals surface area (Å²) < 4.78 is 5.89. The largest absolute Gasteiger partial charge is 0.487 e. The lowest BCUT2D eigenvalue weighted by atomic mass is 9.83. The Morgan fingerprint density at radius 1 is 0.926 bits per heavy atom. The SMILES string of the molecule is OC(Cc1ccc(OCc2ccc3ccccc3n2)cc1)C1CCCCC1. The monoisotopic (exact) mass is 361 g/mol. The van der Waals surface area contributed by atoms with E-state index in [4.69, 9.17) is 4.74 Å². The van der Waals surface area contributed by atoms with Gasteiger partial charge in [0.25, 0.3) is 0 Å². The van der Waals surface area contributed by atoms with Crippen LogP contribution in [0.5, 0.6) is 5.75 Å². The van der Waals surface area contributed by atoms with Crippen molar-refractivity contribution in [1.29, 1.82) is 0 Å². The number of hydrogen-bond donors (Lipinski definition) is 1. The fourth-order valence-corrected chi connectivity index (χ4v) is 3.99. The van der Waals surface area contributed by atoms with Crippen molar-refractivity contribution in [3.05, 3.63) is 71.9 Å². The van der Waals surface area contributed by atoms with E-state index in [0.29, 0.717) is 12.5 Å². The molecule has 2 aromatic carbocycles. The Hall–Kier alpha value is -2.39. The summed E-state index contributed by atoms with van der Waals surface area (Å²) >= 11 is 0. The molecule has 0 bridgehead atoms. The van der Waals surface area contributed by atoms with Crippen molar-refractivity contribution in [2.45, 2.75) is 51.2 Å². The highest BCUT2D eigenvalue weighted by Crippen LogP contribution is 2.28. The van der Waals surface area contributed by atoms with Gasteiger partial charge >= 0.3 is 0 Å². The van der Waals surface area contributed by atoms with E-state index in [1.54, 1.807) is 0 Å². The van der Waals surface area contributed by atoms with Crippen LogP contribution in [-0.4, -0.2) is 16.2 Å². The average Bonchev–Trinajstić information content (AvgIpc) is 2.74. The summed E-state index contributed by atoms with van der Waals surface area (Å²) in [4.78, 5) is 4.64. The van der Waals surface area contributed by atoms with Gasteiger partial charge in [-0.3, -0.25) is 0 Å². The lowest BCUT2D eigenvalue weighted by Crippen LogP contribution is -2.24. The molecule has 1 heterocycles. The number of nitrogens with zero attached hydrogens (tertiary/aromatic N) is 1. The van der Waals surface area contributed by atoms with Gasteiger partial charge in [-0.25, -0.2) is 4.98 Å². The maximum atomic E-state index is 10.5. The molecule has 0 amide bonds. The van der Waals surface area contributed by atoms with Gasteiger partial charge in [0.2, 0.25) is 0 Å². The Morgan fingerprint density at radius 2 is 1.70 bits per heavy atom. The number of rotatable bonds is 6. The molecule has 1 aromatic heterocycles. The Kier molecular flexibility index (Phi) is 5.69. The van der Waals surface area contributed by atoms with Crippen molar-refractivity contribution in [2.24, 2.45) is 5.92 Å². The molecule has 27 heavy (non-hydrogen) atoms. The molecule has 1 atom stereocenters. The van der Waals surface area contributed by atoms with E-state index in [0.717, 1.165) is 28.8 Å². The molecule has 0 saturated heterocycles. The maximum absolute atomic E-state index is 10.5. The first-order chi connectivity index (χ1) is 13.3. The van der Waals surface area contributed by atoms with E-state index >= 15 is 0 Å². The zero-order chi connectivity index (χ0) is 18.5. The van der Waals surface area contributed by atoms with E-state index in [-0.39, 0.29) is 6.10 Å². The molecule has 140 valence electrons. The Balaban J connectivity index is 1.33. The minimum absolute atomic E-state index is 0.223. The number of pyridine rings is 1. The van der Waals surface area contributed by atoms with Gasteiger partial charge in [-0.1, -0.05) is 55.7 Å². The van der Waals surface area contributed by atoms with Gasteiger partial charge in [0.05, 0.1) is 17.3 Å². The van der Waals surface area contributed by atoms with E-state index in [2.05, 4.69) is 29.2 Å². The van der Waals surface area contributed by atoms with Crippen LogP contribution in [0.25, 0.3) is 10.9 Å². The fourth-order valence-electron chi connectivity index (χ4n) is 3.99. The molecule has 3 heteroatoms. The van der Waals surface area contributed by atoms with Crippen LogP contribution in [0.3, 0.4) is 0 Å². The highest BCUT2D eigenvalue weighted by molar-refractivity contribution is 5.78. The third-order valence-electron chi connectivity index (χ3n) is 5.60. The van der Waals surface area contributed by atoms with Gasteiger partial charge in [0.15, 0.2) is 0 Å². The summed E-state index contributed by atoms with van der Waals surface area (Å²) in [5.41, 5.74) is 3.08. The number of aromatic nitrogens is 1. The summed E-state index contributed by atoms with van der Waals surface area (Å²) in [5.74, 6) is 1.30. The van der Waals surface area contributed by atoms with Crippen molar-refractivity contribution in [3.63, 3.8) is 0 Å². The molecule has 4 rings (SSSR count). The van der Waals surface area contributed by atoms with Crippen LogP contribution in [0.4, 0.5) is 0 Å². The smallest absolute Gasteiger partial charge is 0.130 e. The van der Waals surface area contributed by atoms with E-state index in [1.165, 1.54) is 37.7 Å². The molecule has 1 unspecified atom stereocenters. The first-order valence-electron chi connectivity index (χ1n) is 10.0. The first-order valence-corrected chi connectivity index (χ1v) is 10.0. The zero-order valence-electron chi connectivity index (χ0n) is 15.7. The fraction of sp³-hybridized carbons (Fsp3) is 0.375. The number of aliphatic hydroxyl groups is 1. The molecular weight excluding hydrogens is 334 g/mol. The minimum Gasteiger partial charge on any atom is -0.487 e. The average molecular weight is 361 g/mol. The highest BCUT2D eigenvalue weighted by Gasteiger charge is 2.21. The van der Waals surface area contributed by atoms with Crippen molar-refractivity contribution < 1.29 is 9.84 Å². The van der Waals surface area contributed by atoms with Crippen molar-refractivity contribution in [2.75, 3.05) is 0 Å². The first kappa shape index (κ1) is 18.0. The second kappa shape index (κ2) is 8.53. The Labute approximate surface area is 161 Å². The minimum atomic E-state index is -0.223. The molecule has 0 radical (unpaired) electrons. The van der Waals surface area contributed by atoms with Gasteiger partial charge in [0, 0.05) is 5.39 Å². The third-order valence-corrected chi connectivity index (χ3v) is 5.60. The highest BCUT2D eigenvalue weighted by atomic mass is 16.5. The lowest BCUT2D eigenvalue weighted by molar-refractivity contribution is 0.0851. The third kappa shape index (κ3) is 4.67. The molecule has 1 aliphatic rings. The number of ether oxygens (including phenoxy) is 1. The molecule has 3 aromatic rings. The summed E-state index contributed by atoms with van der Waals surface area (Å²) in [7, 11) is 0. The predicted octanol–water partition coefficient (Wildman–Crippen LogP) is 5.30. The molecule has 0 aliphatic heterocycles. The van der Waals surface area contributed by atoms with Crippen LogP contribution >= 0.6 is 0 Å². The topological polar surface area (TPSA) is 42.4 Å². The molecule has 0 spiro atoms. The number of para-hydroxylation sites is 1. The maximum Gasteiger partial charge on any atom is 0.130 e. The number of hydrogen-bond acceptors (Lipinski definition) is 3. The van der Waals surface area contributed by atoms with Crippen LogP contribution in [0.15, 0.2) is 60.7 Å². The molecule has 1 aliphatic carbocycles. The van der Waals surface area contributed by atoms with Gasteiger partial charge < -0.3 is 9.84 Å². The number of benzene rings is 2. The van der Waals surface area contributed by atoms with Crippen molar-refractivity contribution in [1.82, 2.24) is 4.98 Å². The predicted molar refractivity (Wildman–Crippen MR) is 109 cm³/mol. The Bertz CT molecular complexity index is 869. The van der Waals surface area contributed by atoms with Crippen molar-refractivity contribution >= 4 is 10.9 Å². The van der Waals surface area contributed by atoms with Gasteiger partial charge in [-0.2, -0.15) is 0 Å². The summed E-state index contributed by atoms with van der Waals surface area (Å²) in [6.45, 7) is 0.453. The van der Waals surface area contributed by atoms with Crippen molar-refractivity contribution in [3.8, 4) is 5.75 Å². The van der Waals surface area contributed by atoms with E-state index in [9.17, 15) is 5.11 Å². The normalized spacial score (nSPS) is 16.3. The van der Waals surface area contributed by atoms with Crippen LogP contribution in [0, 0.1) is 5.92 Å². The molecule has 1 fully saturated rings. The summed E-state index contributed by atoms with van der Waals surface area (Å²) in [5, 5.41) is 11.6. The lowest BCUT2D eigenvalue weighted by Gasteiger charge is -2.26. The van der Waals surface area contributed by atoms with Gasteiger partial charge in [-0.15, -0.1) is 0 Å². The van der Waals surface area contributed by atoms with Crippen LogP contribution in [-0.2, 0) is 13.0 Å². The zero-order valence-corrected chi connectivity index (χ0v) is 15.7. The summed E-state index contributed by atoms with van der Waals surface area (Å²) in [6, 6.07) is 20.3. The quantitative estimate of drug-likeness (QED) is 0.648. The molecule has 1 saturated carbocycles. The van der Waals surface area contributed by atoms with Gasteiger partial charge in [-0.05, 0) is 55.0 Å². The van der Waals surface area contributed by atoms with E-state index < -0.39 is 0 Å². The van der Waals surface area contributed by atoms with Crippen LogP contribution in [0.2, 0.25) is 0 Å². The van der Waals surface area contributed by atoms with Gasteiger partial charge in [0.1, 0.15) is 12.4 Å².